The molecule has 6 heteroatoms. The van der Waals surface area contributed by atoms with E-state index in [4.69, 9.17) is 4.74 Å². The summed E-state index contributed by atoms with van der Waals surface area (Å²) in [7, 11) is 1.62. The van der Waals surface area contributed by atoms with Gasteiger partial charge in [-0.1, -0.05) is 6.07 Å². The molecule has 0 aliphatic rings. The molecule has 0 saturated carbocycles. The second-order valence-electron chi connectivity index (χ2n) is 4.07. The van der Waals surface area contributed by atoms with Crippen LogP contribution in [0.1, 0.15) is 5.56 Å². The van der Waals surface area contributed by atoms with Crippen LogP contribution in [0, 0.1) is 5.82 Å². The predicted octanol–water partition coefficient (Wildman–Crippen LogP) is 5.73. The van der Waals surface area contributed by atoms with Gasteiger partial charge in [0, 0.05) is 17.1 Å². The fraction of sp³-hybridized carbons (Fsp3) is 0.143. The van der Waals surface area contributed by atoms with Crippen LogP contribution in [0.15, 0.2) is 43.7 Å². The highest BCUT2D eigenvalue weighted by atomic mass is 79.9. The lowest BCUT2D eigenvalue weighted by atomic mass is 10.2. The zero-order valence-corrected chi connectivity index (χ0v) is 15.3. The maximum atomic E-state index is 13.2. The molecule has 0 heterocycles. The van der Waals surface area contributed by atoms with Crippen LogP contribution in [0.4, 0.5) is 10.1 Å². The average Bonchev–Trinajstić information content (AvgIpc) is 2.41. The van der Waals surface area contributed by atoms with Gasteiger partial charge in [0.25, 0.3) is 0 Å². The summed E-state index contributed by atoms with van der Waals surface area (Å²) in [6.07, 6.45) is 0. The molecule has 2 aromatic rings. The van der Waals surface area contributed by atoms with Gasteiger partial charge < -0.3 is 10.1 Å². The van der Waals surface area contributed by atoms with Crippen molar-refractivity contribution in [2.45, 2.75) is 6.54 Å². The summed E-state index contributed by atoms with van der Waals surface area (Å²) in [6, 6.07) is 8.76. The van der Waals surface area contributed by atoms with Gasteiger partial charge in [0.15, 0.2) is 0 Å². The molecule has 20 heavy (non-hydrogen) atoms. The molecule has 0 bridgehead atoms. The van der Waals surface area contributed by atoms with Crippen LogP contribution in [0.2, 0.25) is 0 Å². The average molecular weight is 468 g/mol. The number of halogens is 4. The highest BCUT2D eigenvalue weighted by Crippen LogP contribution is 2.34. The zero-order valence-electron chi connectivity index (χ0n) is 10.5. The molecular weight excluding hydrogens is 457 g/mol. The maximum absolute atomic E-state index is 13.2. The molecule has 0 aliphatic heterocycles. The Hall–Kier alpha value is -0.590. The minimum Gasteiger partial charge on any atom is -0.495 e. The monoisotopic (exact) mass is 465 g/mol. The molecule has 0 fully saturated rings. The largest absolute Gasteiger partial charge is 0.495 e. The van der Waals surface area contributed by atoms with Crippen LogP contribution in [-0.4, -0.2) is 7.11 Å². The van der Waals surface area contributed by atoms with Gasteiger partial charge in [0.2, 0.25) is 0 Å². The summed E-state index contributed by atoms with van der Waals surface area (Å²) in [5.41, 5.74) is 1.89. The Bertz CT molecular complexity index is 634. The van der Waals surface area contributed by atoms with Crippen molar-refractivity contribution < 1.29 is 9.13 Å². The highest BCUT2D eigenvalue weighted by molar-refractivity contribution is 9.11. The Kier molecular flexibility index (Phi) is 5.46. The van der Waals surface area contributed by atoms with Crippen LogP contribution >= 0.6 is 47.8 Å². The Morgan fingerprint density at radius 3 is 2.45 bits per heavy atom. The molecule has 0 radical (unpaired) electrons. The zero-order chi connectivity index (χ0) is 14.7. The van der Waals surface area contributed by atoms with E-state index in [2.05, 4.69) is 53.1 Å². The van der Waals surface area contributed by atoms with Crippen LogP contribution in [0.3, 0.4) is 0 Å². The normalized spacial score (nSPS) is 10.4. The van der Waals surface area contributed by atoms with Gasteiger partial charge in [-0.05, 0) is 71.6 Å². The van der Waals surface area contributed by atoms with Crippen LogP contribution < -0.4 is 10.1 Å². The first-order chi connectivity index (χ1) is 9.51. The molecule has 0 atom stereocenters. The van der Waals surface area contributed by atoms with Crippen molar-refractivity contribution in [2.75, 3.05) is 12.4 Å². The third-order valence-electron chi connectivity index (χ3n) is 2.71. The minimum atomic E-state index is -0.264. The summed E-state index contributed by atoms with van der Waals surface area (Å²) >= 11 is 10.1. The van der Waals surface area contributed by atoms with Gasteiger partial charge in [-0.15, -0.1) is 0 Å². The van der Waals surface area contributed by atoms with Crippen molar-refractivity contribution in [3.63, 3.8) is 0 Å². The highest BCUT2D eigenvalue weighted by Gasteiger charge is 2.07. The lowest BCUT2D eigenvalue weighted by molar-refractivity contribution is 0.412. The van der Waals surface area contributed by atoms with Gasteiger partial charge in [0.1, 0.15) is 11.6 Å². The van der Waals surface area contributed by atoms with Crippen molar-refractivity contribution in [3.8, 4) is 5.75 Å². The fourth-order valence-corrected chi connectivity index (χ4v) is 3.39. The van der Waals surface area contributed by atoms with Gasteiger partial charge in [-0.2, -0.15) is 0 Å². The molecule has 2 rings (SSSR count). The number of ether oxygens (including phenoxy) is 1. The molecule has 0 unspecified atom stereocenters. The van der Waals surface area contributed by atoms with E-state index < -0.39 is 0 Å². The standard InChI is InChI=1S/C14H11Br3FNO/c1-20-14-6-13(10(16)5-11(14)17)19-7-8-2-3-12(18)9(15)4-8/h2-6,19H,7H2,1H3. The minimum absolute atomic E-state index is 0.264. The van der Waals surface area contributed by atoms with Crippen molar-refractivity contribution >= 4 is 53.5 Å². The summed E-state index contributed by atoms with van der Waals surface area (Å²) in [5.74, 6) is 0.483. The maximum Gasteiger partial charge on any atom is 0.137 e. The Balaban J connectivity index is 2.16. The molecule has 0 saturated heterocycles. The SMILES string of the molecule is COc1cc(NCc2ccc(F)c(Br)c2)c(Br)cc1Br. The predicted molar refractivity (Wildman–Crippen MR) is 89.8 cm³/mol. The summed E-state index contributed by atoms with van der Waals surface area (Å²) in [5, 5.41) is 3.29. The molecule has 0 amide bonds. The van der Waals surface area contributed by atoms with Crippen LogP contribution in [0.25, 0.3) is 0 Å². The van der Waals surface area contributed by atoms with E-state index in [0.717, 1.165) is 25.9 Å². The third-order valence-corrected chi connectivity index (χ3v) is 4.59. The number of hydrogen-bond acceptors (Lipinski definition) is 2. The van der Waals surface area contributed by atoms with Crippen molar-refractivity contribution in [1.82, 2.24) is 0 Å². The molecular formula is C14H11Br3FNO. The Labute approximate surface area is 142 Å². The number of rotatable bonds is 4. The molecule has 106 valence electrons. The number of benzene rings is 2. The number of methoxy groups -OCH3 is 1. The van der Waals surface area contributed by atoms with E-state index in [1.54, 1.807) is 19.2 Å². The molecule has 1 N–H and O–H groups in total. The Morgan fingerprint density at radius 1 is 1.05 bits per heavy atom. The van der Waals surface area contributed by atoms with E-state index in [9.17, 15) is 4.39 Å². The first-order valence-corrected chi connectivity index (χ1v) is 8.10. The van der Waals surface area contributed by atoms with E-state index in [1.165, 1.54) is 6.07 Å². The third kappa shape index (κ3) is 3.74. The number of nitrogens with one attached hydrogen (secondary N) is 1. The quantitative estimate of drug-likeness (QED) is 0.619. The molecule has 0 aliphatic carbocycles. The first kappa shape index (κ1) is 15.8. The van der Waals surface area contributed by atoms with E-state index >= 15 is 0 Å². The van der Waals surface area contributed by atoms with Gasteiger partial charge in [-0.25, -0.2) is 4.39 Å². The second-order valence-corrected chi connectivity index (χ2v) is 6.63. The van der Waals surface area contributed by atoms with Crippen LogP contribution in [-0.2, 0) is 6.54 Å². The van der Waals surface area contributed by atoms with Crippen molar-refractivity contribution in [2.24, 2.45) is 0 Å². The van der Waals surface area contributed by atoms with Gasteiger partial charge in [0.05, 0.1) is 21.7 Å². The summed E-state index contributed by atoms with van der Waals surface area (Å²) in [6.45, 7) is 0.586. The number of hydrogen-bond donors (Lipinski definition) is 1. The van der Waals surface area contributed by atoms with Crippen molar-refractivity contribution in [1.29, 1.82) is 0 Å². The smallest absolute Gasteiger partial charge is 0.137 e. The van der Waals surface area contributed by atoms with E-state index in [0.29, 0.717) is 11.0 Å². The second kappa shape index (κ2) is 6.91. The van der Waals surface area contributed by atoms with Crippen molar-refractivity contribution in [3.05, 3.63) is 55.1 Å². The molecule has 0 aromatic heterocycles. The van der Waals surface area contributed by atoms with Gasteiger partial charge >= 0.3 is 0 Å². The fourth-order valence-electron chi connectivity index (χ4n) is 1.67. The summed E-state index contributed by atoms with van der Waals surface area (Å²) < 4.78 is 20.7. The molecule has 2 aromatic carbocycles. The lowest BCUT2D eigenvalue weighted by Crippen LogP contribution is -2.01. The number of anilines is 1. The van der Waals surface area contributed by atoms with E-state index in [-0.39, 0.29) is 5.82 Å². The topological polar surface area (TPSA) is 21.3 Å². The molecule has 0 spiro atoms. The van der Waals surface area contributed by atoms with E-state index in [1.807, 2.05) is 12.1 Å². The van der Waals surface area contributed by atoms with Crippen LogP contribution in [0.5, 0.6) is 5.75 Å². The lowest BCUT2D eigenvalue weighted by Gasteiger charge is -2.12. The van der Waals surface area contributed by atoms with Gasteiger partial charge in [-0.3, -0.25) is 0 Å². The molecule has 2 nitrogen and oxygen atoms in total. The Morgan fingerprint density at radius 2 is 1.80 bits per heavy atom. The summed E-state index contributed by atoms with van der Waals surface area (Å²) in [4.78, 5) is 0. The first-order valence-electron chi connectivity index (χ1n) is 5.72.